The highest BCUT2D eigenvalue weighted by Gasteiger charge is 2.24. The first-order valence-electron chi connectivity index (χ1n) is 7.44. The maximum absolute atomic E-state index is 12.3. The smallest absolute Gasteiger partial charge is 0.237 e. The van der Waals surface area contributed by atoms with Crippen LogP contribution in [0.4, 0.5) is 0 Å². The number of sulfonamides is 1. The molecule has 1 amide bonds. The van der Waals surface area contributed by atoms with Crippen molar-refractivity contribution in [3.63, 3.8) is 0 Å². The maximum Gasteiger partial charge on any atom is 0.237 e. The van der Waals surface area contributed by atoms with E-state index in [9.17, 15) is 13.2 Å². The second kappa shape index (κ2) is 7.83. The van der Waals surface area contributed by atoms with Crippen molar-refractivity contribution >= 4 is 39.1 Å². The van der Waals surface area contributed by atoms with Gasteiger partial charge >= 0.3 is 0 Å². The van der Waals surface area contributed by atoms with E-state index >= 15 is 0 Å². The lowest BCUT2D eigenvalue weighted by atomic mass is 10.1. The van der Waals surface area contributed by atoms with Gasteiger partial charge in [-0.1, -0.05) is 29.3 Å². The first-order valence-corrected chi connectivity index (χ1v) is 10.0. The molecule has 0 spiro atoms. The molecule has 0 aromatic heterocycles. The van der Waals surface area contributed by atoms with Gasteiger partial charge in [-0.15, -0.1) is 0 Å². The van der Waals surface area contributed by atoms with E-state index in [2.05, 4.69) is 0 Å². The monoisotopic (exact) mass is 378 g/mol. The largest absolute Gasteiger partial charge is 0.342 e. The topological polar surface area (TPSA) is 57.7 Å². The molecule has 0 bridgehead atoms. The van der Waals surface area contributed by atoms with Crippen molar-refractivity contribution in [1.29, 1.82) is 0 Å². The summed E-state index contributed by atoms with van der Waals surface area (Å²) < 4.78 is 25.2. The predicted octanol–water partition coefficient (Wildman–Crippen LogP) is 2.77. The number of halogens is 2. The van der Waals surface area contributed by atoms with Gasteiger partial charge in [0.25, 0.3) is 0 Å². The number of carbonyl (C=O) groups excluding carboxylic acids is 1. The van der Waals surface area contributed by atoms with Crippen LogP contribution in [0.3, 0.4) is 0 Å². The van der Waals surface area contributed by atoms with E-state index in [1.165, 1.54) is 4.31 Å². The lowest BCUT2D eigenvalue weighted by Gasteiger charge is -2.29. The molecule has 1 aliphatic heterocycles. The van der Waals surface area contributed by atoms with Gasteiger partial charge in [-0.2, -0.15) is 4.31 Å². The Morgan fingerprint density at radius 3 is 2.39 bits per heavy atom. The lowest BCUT2D eigenvalue weighted by molar-refractivity contribution is -0.132. The number of amides is 1. The average molecular weight is 379 g/mol. The number of piperidine rings is 1. The van der Waals surface area contributed by atoms with Gasteiger partial charge in [-0.05, 0) is 37.0 Å². The Morgan fingerprint density at radius 1 is 1.17 bits per heavy atom. The summed E-state index contributed by atoms with van der Waals surface area (Å²) in [6.45, 7) is 1.33. The van der Waals surface area contributed by atoms with Crippen LogP contribution in [-0.2, 0) is 21.4 Å². The lowest BCUT2D eigenvalue weighted by Crippen LogP contribution is -2.44. The molecule has 0 atom stereocenters. The Kier molecular flexibility index (Phi) is 6.31. The van der Waals surface area contributed by atoms with Gasteiger partial charge in [0.05, 0.1) is 22.8 Å². The number of hydrogen-bond donors (Lipinski definition) is 0. The van der Waals surface area contributed by atoms with Crippen LogP contribution in [0.5, 0.6) is 0 Å². The number of rotatable bonds is 5. The number of benzene rings is 1. The Balaban J connectivity index is 2.10. The van der Waals surface area contributed by atoms with Crippen molar-refractivity contribution in [2.75, 3.05) is 25.9 Å². The van der Waals surface area contributed by atoms with E-state index < -0.39 is 10.0 Å². The summed E-state index contributed by atoms with van der Waals surface area (Å²) in [7, 11) is -3.51. The summed E-state index contributed by atoms with van der Waals surface area (Å²) >= 11 is 11.8. The highest BCUT2D eigenvalue weighted by Crippen LogP contribution is 2.23. The summed E-state index contributed by atoms with van der Waals surface area (Å²) in [6, 6.07) is 4.94. The minimum absolute atomic E-state index is 0.0926. The van der Waals surface area contributed by atoms with Gasteiger partial charge in [0, 0.05) is 19.6 Å². The zero-order valence-electron chi connectivity index (χ0n) is 13.0. The van der Waals surface area contributed by atoms with Crippen LogP contribution in [0.2, 0.25) is 10.0 Å². The average Bonchev–Trinajstić information content (AvgIpc) is 2.50. The SMILES string of the molecule is CS(=O)(=O)N(CC(=O)N1CCCCC1)Cc1ccc(Cl)c(Cl)c1. The normalized spacial score (nSPS) is 15.9. The molecule has 5 nitrogen and oxygen atoms in total. The van der Waals surface area contributed by atoms with E-state index in [1.807, 2.05) is 0 Å². The van der Waals surface area contributed by atoms with Crippen LogP contribution in [0.25, 0.3) is 0 Å². The minimum Gasteiger partial charge on any atom is -0.342 e. The fraction of sp³-hybridized carbons (Fsp3) is 0.533. The van der Waals surface area contributed by atoms with Crippen LogP contribution in [-0.4, -0.2) is 49.4 Å². The van der Waals surface area contributed by atoms with Crippen molar-refractivity contribution in [2.24, 2.45) is 0 Å². The molecule has 0 saturated carbocycles. The summed E-state index contributed by atoms with van der Waals surface area (Å²) in [4.78, 5) is 14.1. The number of carbonyl (C=O) groups is 1. The molecule has 0 unspecified atom stereocenters. The molecule has 1 aromatic rings. The van der Waals surface area contributed by atoms with Crippen molar-refractivity contribution in [2.45, 2.75) is 25.8 Å². The minimum atomic E-state index is -3.51. The van der Waals surface area contributed by atoms with E-state index in [-0.39, 0.29) is 19.0 Å². The zero-order valence-corrected chi connectivity index (χ0v) is 15.3. The Labute approximate surface area is 147 Å². The van der Waals surface area contributed by atoms with E-state index in [0.29, 0.717) is 28.7 Å². The molecule has 1 fully saturated rings. The molecule has 0 aliphatic carbocycles. The maximum atomic E-state index is 12.3. The molecule has 128 valence electrons. The molecule has 0 N–H and O–H groups in total. The molecular weight excluding hydrogens is 359 g/mol. The third kappa shape index (κ3) is 5.35. The molecule has 1 aliphatic rings. The predicted molar refractivity (Wildman–Crippen MR) is 92.1 cm³/mol. The van der Waals surface area contributed by atoms with Gasteiger partial charge < -0.3 is 4.90 Å². The van der Waals surface area contributed by atoms with Crippen LogP contribution < -0.4 is 0 Å². The zero-order chi connectivity index (χ0) is 17.0. The third-order valence-electron chi connectivity index (χ3n) is 3.83. The second-order valence-electron chi connectivity index (χ2n) is 5.72. The molecule has 2 rings (SSSR count). The van der Waals surface area contributed by atoms with Crippen molar-refractivity contribution < 1.29 is 13.2 Å². The highest BCUT2D eigenvalue weighted by molar-refractivity contribution is 7.88. The Bertz CT molecular complexity index is 673. The third-order valence-corrected chi connectivity index (χ3v) is 5.77. The molecular formula is C15H20Cl2N2O3S. The summed E-state index contributed by atoms with van der Waals surface area (Å²) in [5, 5.41) is 0.769. The van der Waals surface area contributed by atoms with E-state index in [0.717, 1.165) is 25.5 Å². The molecule has 8 heteroatoms. The fourth-order valence-corrected chi connectivity index (χ4v) is 3.58. The number of likely N-dealkylation sites (tertiary alicyclic amines) is 1. The van der Waals surface area contributed by atoms with Crippen molar-refractivity contribution in [3.05, 3.63) is 33.8 Å². The first kappa shape index (κ1) is 18.5. The fourth-order valence-electron chi connectivity index (χ4n) is 2.53. The number of hydrogen-bond acceptors (Lipinski definition) is 3. The van der Waals surface area contributed by atoms with Crippen molar-refractivity contribution in [1.82, 2.24) is 9.21 Å². The van der Waals surface area contributed by atoms with Gasteiger partial charge in [-0.3, -0.25) is 4.79 Å². The second-order valence-corrected chi connectivity index (χ2v) is 8.52. The summed E-state index contributed by atoms with van der Waals surface area (Å²) in [5.41, 5.74) is 0.691. The quantitative estimate of drug-likeness (QED) is 0.791. The molecule has 1 heterocycles. The van der Waals surface area contributed by atoms with Gasteiger partial charge in [0.1, 0.15) is 0 Å². The Morgan fingerprint density at radius 2 is 1.83 bits per heavy atom. The Hall–Kier alpha value is -0.820. The van der Waals surface area contributed by atoms with Crippen LogP contribution in [0.15, 0.2) is 18.2 Å². The van der Waals surface area contributed by atoms with Crippen molar-refractivity contribution in [3.8, 4) is 0 Å². The van der Waals surface area contributed by atoms with Crippen LogP contribution in [0.1, 0.15) is 24.8 Å². The molecule has 23 heavy (non-hydrogen) atoms. The van der Waals surface area contributed by atoms with Crippen LogP contribution in [0, 0.1) is 0 Å². The molecule has 1 aromatic carbocycles. The summed E-state index contributed by atoms with van der Waals surface area (Å²) in [5.74, 6) is -0.157. The first-order chi connectivity index (χ1) is 10.8. The van der Waals surface area contributed by atoms with Gasteiger partial charge in [-0.25, -0.2) is 8.42 Å². The van der Waals surface area contributed by atoms with E-state index in [1.54, 1.807) is 23.1 Å². The summed E-state index contributed by atoms with van der Waals surface area (Å²) in [6.07, 6.45) is 4.16. The van der Waals surface area contributed by atoms with E-state index in [4.69, 9.17) is 23.2 Å². The standard InChI is InChI=1S/C15H20Cl2N2O3S/c1-23(21,22)19(10-12-5-6-13(16)14(17)9-12)11-15(20)18-7-3-2-4-8-18/h5-6,9H,2-4,7-8,10-11H2,1H3. The molecule has 0 radical (unpaired) electrons. The number of nitrogens with zero attached hydrogens (tertiary/aromatic N) is 2. The van der Waals surface area contributed by atoms with Gasteiger partial charge in [0.15, 0.2) is 0 Å². The van der Waals surface area contributed by atoms with Gasteiger partial charge in [0.2, 0.25) is 15.9 Å². The molecule has 1 saturated heterocycles. The highest BCUT2D eigenvalue weighted by atomic mass is 35.5. The van der Waals surface area contributed by atoms with Crippen LogP contribution >= 0.6 is 23.2 Å².